The summed E-state index contributed by atoms with van der Waals surface area (Å²) in [5, 5.41) is 10.1. The maximum absolute atomic E-state index is 10.1. The Morgan fingerprint density at radius 3 is 2.73 bits per heavy atom. The van der Waals surface area contributed by atoms with E-state index in [1.54, 1.807) is 18.6 Å². The maximum atomic E-state index is 10.1. The fourth-order valence-corrected chi connectivity index (χ4v) is 3.99. The molecule has 0 atom stereocenters. The maximum Gasteiger partial charge on any atom is 0.227 e. The van der Waals surface area contributed by atoms with Crippen LogP contribution < -0.4 is 0 Å². The van der Waals surface area contributed by atoms with Gasteiger partial charge in [-0.25, -0.2) is 4.98 Å². The van der Waals surface area contributed by atoms with Gasteiger partial charge in [-0.2, -0.15) is 0 Å². The molecule has 0 saturated carbocycles. The van der Waals surface area contributed by atoms with Gasteiger partial charge in [0, 0.05) is 34.2 Å². The van der Waals surface area contributed by atoms with E-state index < -0.39 is 0 Å². The molecule has 4 rings (SSSR count). The molecule has 0 saturated heterocycles. The first kappa shape index (κ1) is 17.2. The Bertz CT molecular complexity index is 1130. The first-order valence-electron chi connectivity index (χ1n) is 7.63. The quantitative estimate of drug-likeness (QED) is 0.278. The highest BCUT2D eigenvalue weighted by Crippen LogP contribution is 2.29. The van der Waals surface area contributed by atoms with Gasteiger partial charge in [0.2, 0.25) is 5.89 Å². The van der Waals surface area contributed by atoms with Gasteiger partial charge in [-0.05, 0) is 65.1 Å². The van der Waals surface area contributed by atoms with Gasteiger partial charge >= 0.3 is 0 Å². The molecule has 1 N–H and O–H groups in total. The molecule has 0 amide bonds. The number of hydrogen-bond donors (Lipinski definition) is 1. The Morgan fingerprint density at radius 1 is 1.12 bits per heavy atom. The lowest BCUT2D eigenvalue weighted by Gasteiger charge is -2.02. The van der Waals surface area contributed by atoms with Crippen LogP contribution in [0.3, 0.4) is 0 Å². The third-order valence-corrected chi connectivity index (χ3v) is 4.99. The molecule has 2 heterocycles. The van der Waals surface area contributed by atoms with Crippen LogP contribution in [0, 0.1) is 3.57 Å². The number of aliphatic imine (C=N–C) groups is 1. The van der Waals surface area contributed by atoms with Crippen LogP contribution in [0.25, 0.3) is 22.6 Å². The van der Waals surface area contributed by atoms with E-state index in [-0.39, 0.29) is 5.75 Å². The first-order valence-corrected chi connectivity index (χ1v) is 9.50. The van der Waals surface area contributed by atoms with E-state index in [9.17, 15) is 5.11 Å². The van der Waals surface area contributed by atoms with Gasteiger partial charge in [-0.15, -0.1) is 0 Å². The molecule has 4 aromatic rings. The lowest BCUT2D eigenvalue weighted by Crippen LogP contribution is -1.86. The second-order valence-electron chi connectivity index (χ2n) is 5.49. The van der Waals surface area contributed by atoms with Crippen LogP contribution in [0.15, 0.2) is 68.7 Å². The highest BCUT2D eigenvalue weighted by molar-refractivity contribution is 14.1. The van der Waals surface area contributed by atoms with E-state index in [4.69, 9.17) is 4.42 Å². The van der Waals surface area contributed by atoms with E-state index in [1.807, 2.05) is 42.5 Å². The van der Waals surface area contributed by atoms with Crippen molar-refractivity contribution < 1.29 is 9.52 Å². The molecule has 0 bridgehead atoms. The molecule has 5 nitrogen and oxygen atoms in total. The fraction of sp³-hybridized carbons (Fsp3) is 0. The number of rotatable bonds is 3. The van der Waals surface area contributed by atoms with Gasteiger partial charge in [0.25, 0.3) is 0 Å². The van der Waals surface area contributed by atoms with Crippen molar-refractivity contribution in [2.24, 2.45) is 4.99 Å². The number of hydrogen-bond acceptors (Lipinski definition) is 5. The number of pyridine rings is 1. The number of phenols is 1. The van der Waals surface area contributed by atoms with Crippen LogP contribution in [0.4, 0.5) is 5.69 Å². The van der Waals surface area contributed by atoms with Crippen molar-refractivity contribution in [2.45, 2.75) is 0 Å². The van der Waals surface area contributed by atoms with Crippen molar-refractivity contribution in [1.29, 1.82) is 0 Å². The number of fused-ring (bicyclic) bond motifs is 1. The van der Waals surface area contributed by atoms with Gasteiger partial charge in [-0.1, -0.05) is 15.9 Å². The Kier molecular flexibility index (Phi) is 4.73. The summed E-state index contributed by atoms with van der Waals surface area (Å²) in [6.07, 6.45) is 5.03. The van der Waals surface area contributed by atoms with Crippen LogP contribution in [0.2, 0.25) is 0 Å². The lowest BCUT2D eigenvalue weighted by molar-refractivity contribution is 0.470. The number of aromatic nitrogens is 2. The third kappa shape index (κ3) is 3.49. The lowest BCUT2D eigenvalue weighted by atomic mass is 10.2. The highest BCUT2D eigenvalue weighted by atomic mass is 127. The van der Waals surface area contributed by atoms with Crippen molar-refractivity contribution in [2.75, 3.05) is 0 Å². The molecule has 7 heteroatoms. The van der Waals surface area contributed by atoms with Crippen LogP contribution in [-0.4, -0.2) is 21.3 Å². The summed E-state index contributed by atoms with van der Waals surface area (Å²) >= 11 is 5.51. The first-order chi connectivity index (χ1) is 12.6. The molecule has 2 aromatic carbocycles. The van der Waals surface area contributed by atoms with Crippen molar-refractivity contribution in [1.82, 2.24) is 9.97 Å². The third-order valence-electron chi connectivity index (χ3n) is 3.71. The average Bonchev–Trinajstić information content (AvgIpc) is 3.07. The van der Waals surface area contributed by atoms with Gasteiger partial charge in [0.05, 0.1) is 9.26 Å². The summed E-state index contributed by atoms with van der Waals surface area (Å²) in [5.41, 5.74) is 3.65. The molecule has 0 spiro atoms. The van der Waals surface area contributed by atoms with Gasteiger partial charge < -0.3 is 9.52 Å². The predicted molar refractivity (Wildman–Crippen MR) is 113 cm³/mol. The standard InChI is InChI=1S/C19H11BrIN3O2/c20-13-7-12(18(25)15(21)8-13)10-23-14-1-2-17-16(9-14)24-19(26-17)11-3-5-22-6-4-11/h1-10,25H. The minimum atomic E-state index is 0.208. The molecule has 0 unspecified atom stereocenters. The molecular weight excluding hydrogens is 509 g/mol. The van der Waals surface area contributed by atoms with Crippen LogP contribution in [0.1, 0.15) is 5.56 Å². The average molecular weight is 520 g/mol. The van der Waals surface area contributed by atoms with Crippen molar-refractivity contribution in [3.63, 3.8) is 0 Å². The fourth-order valence-electron chi connectivity index (χ4n) is 2.44. The summed E-state index contributed by atoms with van der Waals surface area (Å²) in [6.45, 7) is 0. The normalized spacial score (nSPS) is 11.5. The van der Waals surface area contributed by atoms with Crippen LogP contribution in [0.5, 0.6) is 5.75 Å². The van der Waals surface area contributed by atoms with Crippen molar-refractivity contribution in [3.05, 3.63) is 68.5 Å². The zero-order chi connectivity index (χ0) is 18.1. The molecule has 0 aliphatic heterocycles. The van der Waals surface area contributed by atoms with Crippen molar-refractivity contribution in [3.8, 4) is 17.2 Å². The molecule has 0 radical (unpaired) electrons. The molecule has 26 heavy (non-hydrogen) atoms. The number of nitrogens with zero attached hydrogens (tertiary/aromatic N) is 3. The molecular formula is C19H11BrIN3O2. The Hall–Kier alpha value is -2.26. The molecule has 0 fully saturated rings. The highest BCUT2D eigenvalue weighted by Gasteiger charge is 2.09. The van der Waals surface area contributed by atoms with Gasteiger partial charge in [0.15, 0.2) is 5.58 Å². The summed E-state index contributed by atoms with van der Waals surface area (Å²) in [4.78, 5) is 13.0. The SMILES string of the molecule is Oc1c(I)cc(Br)cc1C=Nc1ccc2oc(-c3ccncc3)nc2c1. The summed E-state index contributed by atoms with van der Waals surface area (Å²) in [5.74, 6) is 0.753. The zero-order valence-electron chi connectivity index (χ0n) is 13.2. The Labute approximate surface area is 171 Å². The minimum absolute atomic E-state index is 0.208. The van der Waals surface area contributed by atoms with Crippen LogP contribution >= 0.6 is 38.5 Å². The van der Waals surface area contributed by atoms with Gasteiger partial charge in [-0.3, -0.25) is 9.98 Å². The Balaban J connectivity index is 1.68. The second-order valence-corrected chi connectivity index (χ2v) is 7.57. The van der Waals surface area contributed by atoms with Gasteiger partial charge in [0.1, 0.15) is 11.3 Å². The smallest absolute Gasteiger partial charge is 0.227 e. The number of benzene rings is 2. The molecule has 2 aromatic heterocycles. The van der Waals surface area contributed by atoms with E-state index in [0.717, 1.165) is 24.8 Å². The zero-order valence-corrected chi connectivity index (χ0v) is 17.0. The summed E-state index contributed by atoms with van der Waals surface area (Å²) < 4.78 is 7.43. The Morgan fingerprint density at radius 2 is 1.92 bits per heavy atom. The van der Waals surface area contributed by atoms with Crippen molar-refractivity contribution >= 4 is 61.5 Å². The topological polar surface area (TPSA) is 71.5 Å². The van der Waals surface area contributed by atoms with E-state index >= 15 is 0 Å². The molecule has 0 aliphatic carbocycles. The molecule has 128 valence electrons. The monoisotopic (exact) mass is 519 g/mol. The summed E-state index contributed by atoms with van der Waals surface area (Å²) in [7, 11) is 0. The number of halogens is 2. The number of aromatic hydroxyl groups is 1. The summed E-state index contributed by atoms with van der Waals surface area (Å²) in [6, 6.07) is 12.9. The molecule has 0 aliphatic rings. The van der Waals surface area contributed by atoms with Crippen LogP contribution in [-0.2, 0) is 0 Å². The van der Waals surface area contributed by atoms with E-state index in [0.29, 0.717) is 17.0 Å². The minimum Gasteiger partial charge on any atom is -0.506 e. The largest absolute Gasteiger partial charge is 0.506 e. The number of phenolic OH excluding ortho intramolecular Hbond substituents is 1. The predicted octanol–water partition coefficient (Wildman–Crippen LogP) is 5.71. The van der Waals surface area contributed by atoms with E-state index in [2.05, 4.69) is 53.5 Å². The second kappa shape index (κ2) is 7.16. The number of oxazole rings is 1. The van der Waals surface area contributed by atoms with E-state index in [1.165, 1.54) is 0 Å².